The maximum Gasteiger partial charge on any atom is 0.306 e. The van der Waals surface area contributed by atoms with Crippen molar-refractivity contribution in [3.05, 3.63) is 29.8 Å². The van der Waals surface area contributed by atoms with Gasteiger partial charge in [0.1, 0.15) is 11.9 Å². The van der Waals surface area contributed by atoms with Crippen LogP contribution in [0.5, 0.6) is 5.75 Å². The number of rotatable bonds is 15. The largest absolute Gasteiger partial charge is 0.468 e. The van der Waals surface area contributed by atoms with E-state index in [0.29, 0.717) is 12.3 Å². The minimum Gasteiger partial charge on any atom is -0.468 e. The maximum absolute atomic E-state index is 12.4. The molecule has 4 heteroatoms. The van der Waals surface area contributed by atoms with E-state index in [1.807, 2.05) is 12.1 Å². The number of ether oxygens (including phenoxy) is 3. The zero-order valence-electron chi connectivity index (χ0n) is 19.2. The van der Waals surface area contributed by atoms with E-state index in [2.05, 4.69) is 19.1 Å². The van der Waals surface area contributed by atoms with Crippen LogP contribution in [-0.4, -0.2) is 26.0 Å². The van der Waals surface area contributed by atoms with E-state index in [-0.39, 0.29) is 18.9 Å². The molecule has 1 aliphatic rings. The Hall–Kier alpha value is -1.55. The quantitative estimate of drug-likeness (QED) is 0.172. The first-order chi connectivity index (χ1) is 14.7. The Morgan fingerprint density at radius 1 is 0.900 bits per heavy atom. The van der Waals surface area contributed by atoms with E-state index in [1.54, 1.807) is 7.11 Å². The molecule has 4 nitrogen and oxygen atoms in total. The number of hydrogen-bond donors (Lipinski definition) is 0. The van der Waals surface area contributed by atoms with Crippen LogP contribution in [0.4, 0.5) is 0 Å². The lowest BCUT2D eigenvalue weighted by atomic mass is 9.81. The molecule has 0 bridgehead atoms. The molecular formula is C26H42O4. The lowest BCUT2D eigenvalue weighted by molar-refractivity contribution is -0.151. The summed E-state index contributed by atoms with van der Waals surface area (Å²) >= 11 is 0. The van der Waals surface area contributed by atoms with E-state index >= 15 is 0 Å². The monoisotopic (exact) mass is 418 g/mol. The Kier molecular flexibility index (Phi) is 12.6. The van der Waals surface area contributed by atoms with Crippen molar-refractivity contribution in [1.82, 2.24) is 0 Å². The molecule has 1 aliphatic carbocycles. The van der Waals surface area contributed by atoms with E-state index in [9.17, 15) is 4.79 Å². The van der Waals surface area contributed by atoms with E-state index < -0.39 is 0 Å². The van der Waals surface area contributed by atoms with Crippen LogP contribution in [0.1, 0.15) is 108 Å². The summed E-state index contributed by atoms with van der Waals surface area (Å²) in [6.45, 7) is 2.51. The van der Waals surface area contributed by atoms with E-state index in [4.69, 9.17) is 14.2 Å². The minimum atomic E-state index is -0.0186. The molecule has 0 radical (unpaired) electrons. The maximum atomic E-state index is 12.4. The number of unbranched alkanes of at least 4 members (excludes halogenated alkanes) is 8. The molecule has 2 rings (SSSR count). The van der Waals surface area contributed by atoms with E-state index in [1.165, 1.54) is 56.9 Å². The highest BCUT2D eigenvalue weighted by atomic mass is 16.7. The number of esters is 1. The van der Waals surface area contributed by atoms with Crippen molar-refractivity contribution in [1.29, 1.82) is 0 Å². The van der Waals surface area contributed by atoms with Crippen LogP contribution < -0.4 is 4.74 Å². The van der Waals surface area contributed by atoms with Crippen molar-refractivity contribution in [2.75, 3.05) is 13.9 Å². The van der Waals surface area contributed by atoms with Gasteiger partial charge < -0.3 is 14.2 Å². The second-order valence-corrected chi connectivity index (χ2v) is 8.62. The van der Waals surface area contributed by atoms with Crippen LogP contribution in [-0.2, 0) is 14.3 Å². The van der Waals surface area contributed by atoms with Crippen molar-refractivity contribution in [2.45, 2.75) is 109 Å². The summed E-state index contributed by atoms with van der Waals surface area (Å²) in [4.78, 5) is 12.4. The van der Waals surface area contributed by atoms with Gasteiger partial charge >= 0.3 is 5.97 Å². The molecular weight excluding hydrogens is 376 g/mol. The molecule has 30 heavy (non-hydrogen) atoms. The van der Waals surface area contributed by atoms with Gasteiger partial charge in [0, 0.05) is 19.4 Å². The Balaban J connectivity index is 1.68. The molecule has 1 aromatic carbocycles. The molecule has 0 aromatic heterocycles. The van der Waals surface area contributed by atoms with Crippen molar-refractivity contribution in [2.24, 2.45) is 0 Å². The van der Waals surface area contributed by atoms with Gasteiger partial charge in [-0.1, -0.05) is 76.8 Å². The van der Waals surface area contributed by atoms with Crippen LogP contribution in [0.3, 0.4) is 0 Å². The molecule has 170 valence electrons. The van der Waals surface area contributed by atoms with E-state index in [0.717, 1.165) is 37.9 Å². The van der Waals surface area contributed by atoms with Crippen molar-refractivity contribution >= 4 is 5.97 Å². The smallest absolute Gasteiger partial charge is 0.306 e. The van der Waals surface area contributed by atoms with Gasteiger partial charge in [0.25, 0.3) is 0 Å². The average Bonchev–Trinajstić information content (AvgIpc) is 2.77. The number of methoxy groups -OCH3 is 1. The first-order valence-electron chi connectivity index (χ1n) is 12.2. The summed E-state index contributed by atoms with van der Waals surface area (Å²) in [5.74, 6) is 1.08. The average molecular weight is 419 g/mol. The SMILES string of the molecule is CCCCCCCCCCCC(=O)O[C@H]1CCCC[C@@H]1c1ccc(OCOC)cc1. The Labute approximate surface area is 183 Å². The van der Waals surface area contributed by atoms with Gasteiger partial charge in [0.05, 0.1) is 0 Å². The van der Waals surface area contributed by atoms with Gasteiger partial charge in [0.2, 0.25) is 0 Å². The normalized spacial score (nSPS) is 18.9. The summed E-state index contributed by atoms with van der Waals surface area (Å²) in [7, 11) is 1.62. The van der Waals surface area contributed by atoms with Gasteiger partial charge in [-0.15, -0.1) is 0 Å². The first kappa shape index (κ1) is 24.7. The summed E-state index contributed by atoms with van der Waals surface area (Å²) in [6, 6.07) is 8.15. The molecule has 1 aromatic rings. The van der Waals surface area contributed by atoms with Crippen LogP contribution in [0.25, 0.3) is 0 Å². The third-order valence-electron chi connectivity index (χ3n) is 6.12. The van der Waals surface area contributed by atoms with Crippen LogP contribution in [0.2, 0.25) is 0 Å². The number of hydrogen-bond acceptors (Lipinski definition) is 4. The lowest BCUT2D eigenvalue weighted by Crippen LogP contribution is -2.28. The Morgan fingerprint density at radius 2 is 1.53 bits per heavy atom. The predicted octanol–water partition coefficient (Wildman–Crippen LogP) is 7.16. The minimum absolute atomic E-state index is 0.00978. The summed E-state index contributed by atoms with van der Waals surface area (Å²) in [5.41, 5.74) is 1.24. The highest BCUT2D eigenvalue weighted by Gasteiger charge is 2.29. The molecule has 0 unspecified atom stereocenters. The molecule has 0 saturated heterocycles. The van der Waals surface area contributed by atoms with Gasteiger partial charge in [-0.3, -0.25) is 4.79 Å². The third kappa shape index (κ3) is 9.51. The molecule has 0 amide bonds. The van der Waals surface area contributed by atoms with Crippen molar-refractivity contribution in [3.8, 4) is 5.75 Å². The Bertz CT molecular complexity index is 569. The fraction of sp³-hybridized carbons (Fsp3) is 0.731. The second-order valence-electron chi connectivity index (χ2n) is 8.62. The molecule has 1 fully saturated rings. The van der Waals surface area contributed by atoms with Gasteiger partial charge in [-0.25, -0.2) is 0 Å². The zero-order chi connectivity index (χ0) is 21.4. The fourth-order valence-electron chi connectivity index (χ4n) is 4.37. The molecule has 1 saturated carbocycles. The topological polar surface area (TPSA) is 44.8 Å². The third-order valence-corrected chi connectivity index (χ3v) is 6.12. The second kappa shape index (κ2) is 15.3. The fourth-order valence-corrected chi connectivity index (χ4v) is 4.37. The molecule has 0 spiro atoms. The number of carbonyl (C=O) groups is 1. The molecule has 0 aliphatic heterocycles. The molecule has 0 N–H and O–H groups in total. The Morgan fingerprint density at radius 3 is 2.20 bits per heavy atom. The van der Waals surface area contributed by atoms with Crippen LogP contribution in [0.15, 0.2) is 24.3 Å². The van der Waals surface area contributed by atoms with Crippen molar-refractivity contribution < 1.29 is 19.0 Å². The van der Waals surface area contributed by atoms with Crippen molar-refractivity contribution in [3.63, 3.8) is 0 Å². The predicted molar refractivity (Wildman–Crippen MR) is 122 cm³/mol. The molecule has 2 atom stereocenters. The highest BCUT2D eigenvalue weighted by molar-refractivity contribution is 5.69. The highest BCUT2D eigenvalue weighted by Crippen LogP contribution is 2.36. The summed E-state index contributed by atoms with van der Waals surface area (Å²) in [5, 5.41) is 0. The number of benzene rings is 1. The first-order valence-corrected chi connectivity index (χ1v) is 12.2. The van der Waals surface area contributed by atoms with Gasteiger partial charge in [0.15, 0.2) is 6.79 Å². The van der Waals surface area contributed by atoms with Crippen LogP contribution in [0, 0.1) is 0 Å². The lowest BCUT2D eigenvalue weighted by Gasteiger charge is -2.31. The van der Waals surface area contributed by atoms with Crippen LogP contribution >= 0.6 is 0 Å². The zero-order valence-corrected chi connectivity index (χ0v) is 19.2. The summed E-state index contributed by atoms with van der Waals surface area (Å²) in [6.07, 6.45) is 16.3. The van der Waals surface area contributed by atoms with Gasteiger partial charge in [-0.2, -0.15) is 0 Å². The molecule has 0 heterocycles. The standard InChI is InChI=1S/C26H42O4/c1-3-4-5-6-7-8-9-10-11-16-26(27)30-25-15-13-12-14-24(25)22-17-19-23(20-18-22)29-21-28-2/h17-20,24-25H,3-16,21H2,1-2H3/t24-,25+/m1/s1. The van der Waals surface area contributed by atoms with Gasteiger partial charge in [-0.05, 0) is 43.4 Å². The summed E-state index contributed by atoms with van der Waals surface area (Å²) < 4.78 is 16.4. The number of carbonyl (C=O) groups excluding carboxylic acids is 1.